The summed E-state index contributed by atoms with van der Waals surface area (Å²) in [7, 11) is -3.53. The molecule has 40 heavy (non-hydrogen) atoms. The zero-order valence-corrected chi connectivity index (χ0v) is 23.6. The summed E-state index contributed by atoms with van der Waals surface area (Å²) in [4.78, 5) is 0. The smallest absolute Gasteiger partial charge is 0.192 e. The predicted octanol–water partition coefficient (Wildman–Crippen LogP) is 6.55. The lowest BCUT2D eigenvalue weighted by Crippen LogP contribution is -2.75. The Bertz CT molecular complexity index is 1580. The van der Waals surface area contributed by atoms with Crippen LogP contribution in [0.3, 0.4) is 0 Å². The van der Waals surface area contributed by atoms with Gasteiger partial charge >= 0.3 is 6.18 Å². The molecule has 0 N–H and O–H groups in total. The molecule has 5 rings (SSSR count). The quantitative estimate of drug-likeness (QED) is 0.181. The minimum Gasteiger partial charge on any atom is -0.192 e. The van der Waals surface area contributed by atoms with Gasteiger partial charge in [-0.05, 0) is 69.8 Å². The largest absolute Gasteiger partial charge is 0.416 e. The summed E-state index contributed by atoms with van der Waals surface area (Å²) in [6, 6.07) is 37.4. The van der Waals surface area contributed by atoms with Crippen LogP contribution in [0.15, 0.2) is 115 Å². The van der Waals surface area contributed by atoms with Gasteiger partial charge in [0, 0.05) is 0 Å². The third-order valence-electron chi connectivity index (χ3n) is 7.55. The molecule has 0 amide bonds. The predicted molar refractivity (Wildman–Crippen MR) is 159 cm³/mol. The summed E-state index contributed by atoms with van der Waals surface area (Å²) in [5.74, 6) is 0. The molecule has 0 unspecified atom stereocenters. The lowest BCUT2D eigenvalue weighted by molar-refractivity contribution is -0.136. The van der Waals surface area contributed by atoms with E-state index in [-0.39, 0.29) is 10.8 Å². The van der Waals surface area contributed by atoms with Crippen molar-refractivity contribution >= 4 is 28.8 Å². The molecule has 0 fully saturated rings. The first-order chi connectivity index (χ1) is 19.2. The number of nitriles is 1. The topological polar surface area (TPSA) is 23.8 Å². The van der Waals surface area contributed by atoms with E-state index in [1.54, 1.807) is 6.07 Å². The van der Waals surface area contributed by atoms with Crippen LogP contribution in [0.2, 0.25) is 0 Å². The summed E-state index contributed by atoms with van der Waals surface area (Å²) >= 11 is 0. The number of aryl methyl sites for hydroxylation is 3. The highest BCUT2D eigenvalue weighted by Crippen LogP contribution is 2.36. The molecule has 5 aromatic carbocycles. The van der Waals surface area contributed by atoms with E-state index < -0.39 is 19.8 Å². The van der Waals surface area contributed by atoms with Crippen LogP contribution < -0.4 is 20.7 Å². The van der Waals surface area contributed by atoms with E-state index >= 15 is 13.2 Å². The van der Waals surface area contributed by atoms with Crippen LogP contribution in [-0.2, 0) is 6.18 Å². The highest BCUT2D eigenvalue weighted by atomic mass is 28.3. The zero-order valence-electron chi connectivity index (χ0n) is 22.6. The number of hydrogen-bond donors (Lipinski definition) is 0. The second kappa shape index (κ2) is 10.6. The van der Waals surface area contributed by atoms with E-state index in [9.17, 15) is 5.26 Å². The highest BCUT2D eigenvalue weighted by Gasteiger charge is 2.48. The number of alkyl halides is 3. The average molecular weight is 548 g/mol. The molecule has 0 radical (unpaired) electrons. The Morgan fingerprint density at radius 1 is 0.625 bits per heavy atom. The van der Waals surface area contributed by atoms with E-state index in [0.717, 1.165) is 43.9 Å². The highest BCUT2D eigenvalue weighted by molar-refractivity contribution is 7.20. The van der Waals surface area contributed by atoms with Crippen LogP contribution in [0.25, 0.3) is 11.1 Å². The number of benzene rings is 5. The van der Waals surface area contributed by atoms with Crippen molar-refractivity contribution in [1.29, 1.82) is 5.26 Å². The van der Waals surface area contributed by atoms with Crippen LogP contribution >= 0.6 is 0 Å². The molecule has 5 heteroatoms. The maximum Gasteiger partial charge on any atom is 0.416 e. The number of nitrogens with zero attached hydrogens (tertiary/aromatic N) is 1. The minimum atomic E-state index is -4.67. The number of hydrogen-bond acceptors (Lipinski definition) is 1. The third kappa shape index (κ3) is 4.65. The van der Waals surface area contributed by atoms with Crippen LogP contribution in [0.1, 0.15) is 27.8 Å². The van der Waals surface area contributed by atoms with Crippen molar-refractivity contribution < 1.29 is 13.2 Å². The average Bonchev–Trinajstić information content (AvgIpc) is 2.94. The van der Waals surface area contributed by atoms with Crippen molar-refractivity contribution in [3.63, 3.8) is 0 Å². The molecule has 0 aliphatic carbocycles. The summed E-state index contributed by atoms with van der Waals surface area (Å²) in [6.07, 6.45) is -4.67. The van der Waals surface area contributed by atoms with Gasteiger partial charge in [0.2, 0.25) is 0 Å². The first kappa shape index (κ1) is 27.2. The molecule has 0 heterocycles. The monoisotopic (exact) mass is 547 g/mol. The number of halogens is 3. The van der Waals surface area contributed by atoms with Gasteiger partial charge in [0.1, 0.15) is 0 Å². The van der Waals surface area contributed by atoms with Crippen molar-refractivity contribution in [1.82, 2.24) is 0 Å². The van der Waals surface area contributed by atoms with Crippen molar-refractivity contribution in [3.8, 4) is 17.2 Å². The van der Waals surface area contributed by atoms with Crippen LogP contribution in [0.4, 0.5) is 13.2 Å². The van der Waals surface area contributed by atoms with Gasteiger partial charge in [-0.1, -0.05) is 115 Å². The second-order valence-electron chi connectivity index (χ2n) is 10.2. The van der Waals surface area contributed by atoms with Crippen molar-refractivity contribution in [3.05, 3.63) is 143 Å². The van der Waals surface area contributed by atoms with Gasteiger partial charge in [-0.25, -0.2) is 0 Å². The van der Waals surface area contributed by atoms with Gasteiger partial charge in [-0.3, -0.25) is 0 Å². The van der Waals surface area contributed by atoms with Crippen molar-refractivity contribution in [2.45, 2.75) is 26.9 Å². The molecular weight excluding hydrogens is 519 g/mol. The van der Waals surface area contributed by atoms with Gasteiger partial charge in [-0.2, -0.15) is 18.4 Å². The van der Waals surface area contributed by atoms with Crippen molar-refractivity contribution in [2.24, 2.45) is 0 Å². The Kier molecular flexibility index (Phi) is 7.23. The fourth-order valence-electron chi connectivity index (χ4n) is 6.08. The maximum atomic E-state index is 15.1. The molecule has 0 spiro atoms. The van der Waals surface area contributed by atoms with E-state index in [2.05, 4.69) is 6.07 Å². The lowest BCUT2D eigenvalue weighted by atomic mass is 9.90. The van der Waals surface area contributed by atoms with Crippen LogP contribution in [-0.4, -0.2) is 8.07 Å². The summed E-state index contributed by atoms with van der Waals surface area (Å²) in [5, 5.41) is 12.9. The van der Waals surface area contributed by atoms with Gasteiger partial charge in [0.05, 0.1) is 17.2 Å². The van der Waals surface area contributed by atoms with Gasteiger partial charge in [0.15, 0.2) is 8.07 Å². The molecule has 0 aliphatic heterocycles. The van der Waals surface area contributed by atoms with Crippen LogP contribution in [0, 0.1) is 32.1 Å². The molecule has 0 atom stereocenters. The molecule has 0 bridgehead atoms. The van der Waals surface area contributed by atoms with Crippen LogP contribution in [0.5, 0.6) is 0 Å². The van der Waals surface area contributed by atoms with Gasteiger partial charge in [0.25, 0.3) is 0 Å². The Labute approximate surface area is 234 Å². The molecule has 0 saturated carbocycles. The number of rotatable bonds is 5. The summed E-state index contributed by atoms with van der Waals surface area (Å²) < 4.78 is 45.3. The molecule has 198 valence electrons. The fourth-order valence-corrected chi connectivity index (χ4v) is 11.1. The normalized spacial score (nSPS) is 11.7. The van der Waals surface area contributed by atoms with E-state index in [4.69, 9.17) is 0 Å². The summed E-state index contributed by atoms with van der Waals surface area (Å²) in [5.41, 5.74) is 3.49. The molecular formula is C35H28F3NSi. The van der Waals surface area contributed by atoms with E-state index in [1.165, 1.54) is 0 Å². The molecule has 0 saturated heterocycles. The Morgan fingerprint density at radius 3 is 1.43 bits per heavy atom. The third-order valence-corrected chi connectivity index (χ3v) is 12.4. The molecule has 0 aromatic heterocycles. The minimum absolute atomic E-state index is 0.0169. The standard InChI is InChI=1S/C35H28F3NSi/c1-24-19-25(2)34(26(3)20-24)31-22-33(32(35(36,37)38)21-27(31)23-39)40(28-13-7-4-8-14-28,29-15-9-5-10-16-29)30-17-11-6-12-18-30/h4-22H,1-3H3. The van der Waals surface area contributed by atoms with E-state index in [0.29, 0.717) is 5.56 Å². The van der Waals surface area contributed by atoms with Gasteiger partial charge < -0.3 is 0 Å². The molecule has 5 aromatic rings. The SMILES string of the molecule is Cc1cc(C)c(-c2cc([Si](c3ccccc3)(c3ccccc3)c3ccccc3)c(C(F)(F)F)cc2C#N)c(C)c1. The molecule has 0 aliphatic rings. The molecule has 1 nitrogen and oxygen atoms in total. The Hall–Kier alpha value is -4.40. The maximum absolute atomic E-state index is 15.1. The lowest BCUT2D eigenvalue weighted by Gasteiger charge is -2.36. The first-order valence-corrected chi connectivity index (χ1v) is 15.1. The second-order valence-corrected chi connectivity index (χ2v) is 13.9. The fraction of sp³-hybridized carbons (Fsp3) is 0.114. The first-order valence-electron chi connectivity index (χ1n) is 13.1. The zero-order chi connectivity index (χ0) is 28.5. The van der Waals surface area contributed by atoms with E-state index in [1.807, 2.05) is 124 Å². The Morgan fingerprint density at radius 2 is 1.05 bits per heavy atom. The van der Waals surface area contributed by atoms with Gasteiger partial charge in [-0.15, -0.1) is 0 Å². The summed E-state index contributed by atoms with van der Waals surface area (Å²) in [6.45, 7) is 5.89. The Balaban J connectivity index is 2.04. The van der Waals surface area contributed by atoms with Crippen molar-refractivity contribution in [2.75, 3.05) is 0 Å².